The van der Waals surface area contributed by atoms with E-state index in [-0.39, 0.29) is 6.10 Å². The predicted octanol–water partition coefficient (Wildman–Crippen LogP) is 2.21. The summed E-state index contributed by atoms with van der Waals surface area (Å²) in [6.45, 7) is 4.31. The zero-order chi connectivity index (χ0) is 14.5. The molecule has 1 aliphatic heterocycles. The van der Waals surface area contributed by atoms with Crippen molar-refractivity contribution >= 4 is 5.95 Å². The van der Waals surface area contributed by atoms with Crippen molar-refractivity contribution in [1.29, 1.82) is 0 Å². The molecule has 0 saturated carbocycles. The highest BCUT2D eigenvalue weighted by atomic mass is 16.5. The quantitative estimate of drug-likeness (QED) is 0.840. The van der Waals surface area contributed by atoms with E-state index in [1.807, 2.05) is 25.1 Å². The number of ether oxygens (including phenoxy) is 1. The Labute approximate surface area is 124 Å². The molecule has 0 spiro atoms. The molecular formula is C15H20N4O2. The van der Waals surface area contributed by atoms with Gasteiger partial charge in [-0.05, 0) is 30.1 Å². The second-order valence-electron chi connectivity index (χ2n) is 5.18. The minimum absolute atomic E-state index is 0.185. The van der Waals surface area contributed by atoms with Gasteiger partial charge in [-0.3, -0.25) is 4.98 Å². The first kappa shape index (κ1) is 14.0. The van der Waals surface area contributed by atoms with Gasteiger partial charge in [0, 0.05) is 25.7 Å². The zero-order valence-corrected chi connectivity index (χ0v) is 12.2. The summed E-state index contributed by atoms with van der Waals surface area (Å²) in [7, 11) is 0. The first-order chi connectivity index (χ1) is 10.3. The van der Waals surface area contributed by atoms with Crippen molar-refractivity contribution in [2.45, 2.75) is 38.9 Å². The van der Waals surface area contributed by atoms with Crippen LogP contribution < -0.4 is 4.90 Å². The van der Waals surface area contributed by atoms with Crippen LogP contribution in [0.1, 0.15) is 31.4 Å². The van der Waals surface area contributed by atoms with Crippen molar-refractivity contribution in [2.75, 3.05) is 18.0 Å². The Hall–Kier alpha value is -1.95. The van der Waals surface area contributed by atoms with Crippen LogP contribution in [0.2, 0.25) is 0 Å². The molecule has 0 amide bonds. The monoisotopic (exact) mass is 288 g/mol. The number of piperidine rings is 1. The van der Waals surface area contributed by atoms with E-state index in [1.165, 1.54) is 0 Å². The molecule has 0 bridgehead atoms. The summed E-state index contributed by atoms with van der Waals surface area (Å²) in [5.74, 6) is 1.36. The Morgan fingerprint density at radius 3 is 3.14 bits per heavy atom. The molecule has 6 nitrogen and oxygen atoms in total. The van der Waals surface area contributed by atoms with E-state index >= 15 is 0 Å². The maximum absolute atomic E-state index is 5.96. The molecule has 1 fully saturated rings. The Morgan fingerprint density at radius 1 is 1.43 bits per heavy atom. The molecule has 21 heavy (non-hydrogen) atoms. The van der Waals surface area contributed by atoms with Gasteiger partial charge in [-0.15, -0.1) is 0 Å². The van der Waals surface area contributed by atoms with E-state index in [0.717, 1.165) is 38.0 Å². The Kier molecular flexibility index (Phi) is 4.45. The molecule has 0 N–H and O–H groups in total. The SMILES string of the molecule is CCc1nc(N2CCCC(OCc3ccccn3)C2)no1. The molecule has 0 radical (unpaired) electrons. The number of aryl methyl sites for hydroxylation is 1. The molecule has 2 aromatic heterocycles. The Bertz CT molecular complexity index is 558. The number of pyridine rings is 1. The molecule has 3 heterocycles. The van der Waals surface area contributed by atoms with E-state index in [2.05, 4.69) is 20.0 Å². The van der Waals surface area contributed by atoms with E-state index < -0.39 is 0 Å². The number of hydrogen-bond donors (Lipinski definition) is 0. The third-order valence-electron chi connectivity index (χ3n) is 3.61. The molecule has 112 valence electrons. The van der Waals surface area contributed by atoms with E-state index in [1.54, 1.807) is 6.20 Å². The van der Waals surface area contributed by atoms with Gasteiger partial charge in [0.05, 0.1) is 18.4 Å². The fourth-order valence-electron chi connectivity index (χ4n) is 2.46. The van der Waals surface area contributed by atoms with Crippen LogP contribution in [0.25, 0.3) is 0 Å². The second kappa shape index (κ2) is 6.67. The van der Waals surface area contributed by atoms with Crippen molar-refractivity contribution in [3.05, 3.63) is 36.0 Å². The largest absolute Gasteiger partial charge is 0.370 e. The smallest absolute Gasteiger partial charge is 0.266 e. The first-order valence-corrected chi connectivity index (χ1v) is 7.44. The molecular weight excluding hydrogens is 268 g/mol. The molecule has 0 aliphatic carbocycles. The highest BCUT2D eigenvalue weighted by Crippen LogP contribution is 2.19. The summed E-state index contributed by atoms with van der Waals surface area (Å²) >= 11 is 0. The van der Waals surface area contributed by atoms with Gasteiger partial charge in [0.15, 0.2) is 0 Å². The predicted molar refractivity (Wildman–Crippen MR) is 77.9 cm³/mol. The van der Waals surface area contributed by atoms with Gasteiger partial charge in [0.1, 0.15) is 0 Å². The van der Waals surface area contributed by atoms with Crippen LogP contribution in [-0.4, -0.2) is 34.3 Å². The lowest BCUT2D eigenvalue weighted by atomic mass is 10.1. The first-order valence-electron chi connectivity index (χ1n) is 7.44. The fourth-order valence-corrected chi connectivity index (χ4v) is 2.46. The summed E-state index contributed by atoms with van der Waals surface area (Å²) in [5, 5.41) is 4.04. The summed E-state index contributed by atoms with van der Waals surface area (Å²) in [6.07, 6.45) is 4.87. The summed E-state index contributed by atoms with van der Waals surface area (Å²) in [4.78, 5) is 10.8. The van der Waals surface area contributed by atoms with Crippen molar-refractivity contribution in [1.82, 2.24) is 15.1 Å². The van der Waals surface area contributed by atoms with Crippen LogP contribution in [0.15, 0.2) is 28.9 Å². The minimum Gasteiger partial charge on any atom is -0.370 e. The van der Waals surface area contributed by atoms with Crippen LogP contribution in [-0.2, 0) is 17.8 Å². The standard InChI is InChI=1S/C15H20N4O2/c1-2-14-17-15(18-21-14)19-9-5-7-13(10-19)20-11-12-6-3-4-8-16-12/h3-4,6,8,13H,2,5,7,9-11H2,1H3. The van der Waals surface area contributed by atoms with Crippen LogP contribution in [0.5, 0.6) is 0 Å². The highest BCUT2D eigenvalue weighted by molar-refractivity contribution is 5.28. The van der Waals surface area contributed by atoms with Gasteiger partial charge in [-0.2, -0.15) is 4.98 Å². The number of rotatable bonds is 5. The van der Waals surface area contributed by atoms with E-state index in [0.29, 0.717) is 18.4 Å². The average Bonchev–Trinajstić information content (AvgIpc) is 3.03. The molecule has 1 unspecified atom stereocenters. The molecule has 0 aromatic carbocycles. The van der Waals surface area contributed by atoms with Crippen LogP contribution in [0.4, 0.5) is 5.95 Å². The topological polar surface area (TPSA) is 64.3 Å². The van der Waals surface area contributed by atoms with Crippen LogP contribution >= 0.6 is 0 Å². The highest BCUT2D eigenvalue weighted by Gasteiger charge is 2.23. The summed E-state index contributed by atoms with van der Waals surface area (Å²) in [5.41, 5.74) is 0.961. The molecule has 1 aliphatic rings. The second-order valence-corrected chi connectivity index (χ2v) is 5.18. The molecule has 3 rings (SSSR count). The lowest BCUT2D eigenvalue weighted by Gasteiger charge is -2.31. The lowest BCUT2D eigenvalue weighted by molar-refractivity contribution is 0.0295. The van der Waals surface area contributed by atoms with Gasteiger partial charge in [0.2, 0.25) is 5.89 Å². The normalized spacial score (nSPS) is 18.9. The third kappa shape index (κ3) is 3.58. The fraction of sp³-hybridized carbons (Fsp3) is 0.533. The Balaban J connectivity index is 1.55. The average molecular weight is 288 g/mol. The summed E-state index contributed by atoms with van der Waals surface area (Å²) < 4.78 is 11.1. The minimum atomic E-state index is 0.185. The van der Waals surface area contributed by atoms with Crippen molar-refractivity contribution < 1.29 is 9.26 Å². The van der Waals surface area contributed by atoms with Gasteiger partial charge in [-0.1, -0.05) is 13.0 Å². The zero-order valence-electron chi connectivity index (χ0n) is 12.2. The van der Waals surface area contributed by atoms with Gasteiger partial charge in [-0.25, -0.2) is 0 Å². The maximum Gasteiger partial charge on any atom is 0.266 e. The van der Waals surface area contributed by atoms with Crippen molar-refractivity contribution in [3.8, 4) is 0 Å². The van der Waals surface area contributed by atoms with Crippen LogP contribution in [0, 0.1) is 0 Å². The van der Waals surface area contributed by atoms with E-state index in [9.17, 15) is 0 Å². The number of nitrogens with zero attached hydrogens (tertiary/aromatic N) is 4. The van der Waals surface area contributed by atoms with Crippen molar-refractivity contribution in [2.24, 2.45) is 0 Å². The molecule has 1 saturated heterocycles. The molecule has 2 aromatic rings. The number of anilines is 1. The van der Waals surface area contributed by atoms with Crippen molar-refractivity contribution in [3.63, 3.8) is 0 Å². The maximum atomic E-state index is 5.96. The third-order valence-corrected chi connectivity index (χ3v) is 3.61. The van der Waals surface area contributed by atoms with Crippen LogP contribution in [0.3, 0.4) is 0 Å². The molecule has 6 heteroatoms. The van der Waals surface area contributed by atoms with Gasteiger partial charge in [0.25, 0.3) is 5.95 Å². The Morgan fingerprint density at radius 2 is 2.38 bits per heavy atom. The molecule has 1 atom stereocenters. The van der Waals surface area contributed by atoms with E-state index in [4.69, 9.17) is 9.26 Å². The van der Waals surface area contributed by atoms with Gasteiger partial charge >= 0.3 is 0 Å². The van der Waals surface area contributed by atoms with Gasteiger partial charge < -0.3 is 14.2 Å². The summed E-state index contributed by atoms with van der Waals surface area (Å²) in [6, 6.07) is 5.87. The lowest BCUT2D eigenvalue weighted by Crippen LogP contribution is -2.40. The number of aromatic nitrogens is 3. The number of hydrogen-bond acceptors (Lipinski definition) is 6.